The highest BCUT2D eigenvalue weighted by molar-refractivity contribution is 5.87. The van der Waals surface area contributed by atoms with Gasteiger partial charge in [0.25, 0.3) is 0 Å². The maximum Gasteiger partial charge on any atom is 0.451 e. The predicted molar refractivity (Wildman–Crippen MR) is 40.4 cm³/mol. The Morgan fingerprint density at radius 3 is 2.29 bits per heavy atom. The van der Waals surface area contributed by atoms with Gasteiger partial charge in [-0.1, -0.05) is 13.8 Å². The monoisotopic (exact) mass is 212 g/mol. The molecule has 0 aromatic heterocycles. The average molecular weight is 212 g/mol. The molecule has 1 aliphatic heterocycles. The molecule has 1 N–H and O–H groups in total. The summed E-state index contributed by atoms with van der Waals surface area (Å²) in [5.74, 6) is -4.94. The van der Waals surface area contributed by atoms with Gasteiger partial charge < -0.3 is 9.84 Å². The molecule has 0 aliphatic carbocycles. The summed E-state index contributed by atoms with van der Waals surface area (Å²) < 4.78 is 40.9. The molecule has 1 atom stereocenters. The highest BCUT2D eigenvalue weighted by Crippen LogP contribution is 2.40. The Morgan fingerprint density at radius 1 is 1.43 bits per heavy atom. The molecule has 0 aromatic carbocycles. The van der Waals surface area contributed by atoms with Crippen molar-refractivity contribution in [3.63, 3.8) is 0 Å². The van der Waals surface area contributed by atoms with Gasteiger partial charge in [-0.3, -0.25) is 4.79 Å². The normalized spacial score (nSPS) is 33.1. The van der Waals surface area contributed by atoms with Crippen molar-refractivity contribution in [1.29, 1.82) is 0 Å². The van der Waals surface area contributed by atoms with Crippen molar-refractivity contribution in [1.82, 2.24) is 0 Å². The zero-order valence-electron chi connectivity index (χ0n) is 7.81. The fraction of sp³-hybridized carbons (Fsp3) is 0.875. The lowest BCUT2D eigenvalue weighted by Gasteiger charge is -2.39. The third-order valence-electron chi connectivity index (χ3n) is 2.07. The number of hydrogen-bond acceptors (Lipinski definition) is 3. The minimum absolute atomic E-state index is 0.297. The van der Waals surface area contributed by atoms with E-state index in [9.17, 15) is 18.0 Å². The van der Waals surface area contributed by atoms with Crippen LogP contribution in [0.1, 0.15) is 20.3 Å². The summed E-state index contributed by atoms with van der Waals surface area (Å²) in [5.41, 5.74) is -0.658. The van der Waals surface area contributed by atoms with Crippen LogP contribution < -0.4 is 0 Å². The van der Waals surface area contributed by atoms with Crippen molar-refractivity contribution in [2.24, 2.45) is 5.41 Å². The lowest BCUT2D eigenvalue weighted by molar-refractivity contribution is -0.356. The van der Waals surface area contributed by atoms with E-state index in [4.69, 9.17) is 5.11 Å². The van der Waals surface area contributed by atoms with Gasteiger partial charge in [-0.2, -0.15) is 13.2 Å². The van der Waals surface area contributed by atoms with Crippen LogP contribution in [0.25, 0.3) is 0 Å². The minimum Gasteiger partial charge on any atom is -0.353 e. The molecule has 0 spiro atoms. The molecule has 14 heavy (non-hydrogen) atoms. The molecule has 6 heteroatoms. The number of hydrogen-bond donors (Lipinski definition) is 1. The molecule has 3 nitrogen and oxygen atoms in total. The second-order valence-electron chi connectivity index (χ2n) is 4.19. The first-order valence-corrected chi connectivity index (χ1v) is 4.05. The highest BCUT2D eigenvalue weighted by atomic mass is 19.4. The summed E-state index contributed by atoms with van der Waals surface area (Å²) >= 11 is 0. The number of Topliss-reactive ketones (excluding diaryl/α,β-unsaturated/α-hetero) is 1. The van der Waals surface area contributed by atoms with Crippen LogP contribution in [0.3, 0.4) is 0 Å². The molecular formula is C8H11F3O3. The van der Waals surface area contributed by atoms with E-state index < -0.39 is 23.2 Å². The standard InChI is InChI=1S/C8H11F3O3/c1-6(2)3-5(12)7(13,14-4-6)8(9,10)11/h13H,3-4H2,1-2H3. The van der Waals surface area contributed by atoms with Crippen molar-refractivity contribution < 1.29 is 27.8 Å². The molecule has 82 valence electrons. The van der Waals surface area contributed by atoms with Gasteiger partial charge in [0.1, 0.15) is 0 Å². The minimum atomic E-state index is -5.07. The quantitative estimate of drug-likeness (QED) is 0.657. The average Bonchev–Trinajstić information content (AvgIpc) is 1.94. The zero-order chi connectivity index (χ0) is 11.2. The van der Waals surface area contributed by atoms with Crippen molar-refractivity contribution >= 4 is 5.78 Å². The number of halogens is 3. The third kappa shape index (κ3) is 1.76. The first kappa shape index (κ1) is 11.5. The fourth-order valence-electron chi connectivity index (χ4n) is 1.23. The lowest BCUT2D eigenvalue weighted by atomic mass is 9.83. The smallest absolute Gasteiger partial charge is 0.353 e. The molecular weight excluding hydrogens is 201 g/mol. The number of rotatable bonds is 0. The Balaban J connectivity index is 2.91. The van der Waals surface area contributed by atoms with E-state index in [0.29, 0.717) is 0 Å². The van der Waals surface area contributed by atoms with Gasteiger partial charge in [-0.15, -0.1) is 0 Å². The fourth-order valence-corrected chi connectivity index (χ4v) is 1.23. The number of alkyl halides is 3. The van der Waals surface area contributed by atoms with Crippen LogP contribution in [-0.2, 0) is 9.53 Å². The summed E-state index contributed by atoms with van der Waals surface area (Å²) in [4.78, 5) is 11.1. The molecule has 1 heterocycles. The van der Waals surface area contributed by atoms with E-state index in [-0.39, 0.29) is 13.0 Å². The first-order valence-electron chi connectivity index (χ1n) is 4.05. The van der Waals surface area contributed by atoms with Crippen LogP contribution in [0.15, 0.2) is 0 Å². The molecule has 1 fully saturated rings. The topological polar surface area (TPSA) is 46.5 Å². The largest absolute Gasteiger partial charge is 0.451 e. The third-order valence-corrected chi connectivity index (χ3v) is 2.07. The van der Waals surface area contributed by atoms with Crippen molar-refractivity contribution in [2.45, 2.75) is 32.2 Å². The van der Waals surface area contributed by atoms with Gasteiger partial charge in [0.15, 0.2) is 0 Å². The SMILES string of the molecule is CC1(C)COC(O)(C(F)(F)F)C(=O)C1. The molecule has 1 saturated heterocycles. The van der Waals surface area contributed by atoms with Gasteiger partial charge in [0.05, 0.1) is 6.61 Å². The number of ketones is 1. The summed E-state index contributed by atoms with van der Waals surface area (Å²) in [6.07, 6.45) is -5.41. The number of carbonyl (C=O) groups is 1. The van der Waals surface area contributed by atoms with Gasteiger partial charge in [-0.05, 0) is 5.41 Å². The van der Waals surface area contributed by atoms with Crippen molar-refractivity contribution in [2.75, 3.05) is 6.61 Å². The summed E-state index contributed by atoms with van der Waals surface area (Å²) in [5, 5.41) is 9.01. The number of aliphatic hydroxyl groups is 1. The summed E-state index contributed by atoms with van der Waals surface area (Å²) in [7, 11) is 0. The molecule has 1 unspecified atom stereocenters. The van der Waals surface area contributed by atoms with Crippen molar-refractivity contribution in [3.05, 3.63) is 0 Å². The van der Waals surface area contributed by atoms with Crippen LogP contribution in [0.4, 0.5) is 13.2 Å². The maximum absolute atomic E-state index is 12.2. The van der Waals surface area contributed by atoms with E-state index in [2.05, 4.69) is 4.74 Å². The molecule has 0 radical (unpaired) electrons. The van der Waals surface area contributed by atoms with Gasteiger partial charge in [-0.25, -0.2) is 0 Å². The molecule has 1 aliphatic rings. The van der Waals surface area contributed by atoms with Crippen LogP contribution in [-0.4, -0.2) is 29.5 Å². The van der Waals surface area contributed by atoms with Gasteiger partial charge >= 0.3 is 12.0 Å². The van der Waals surface area contributed by atoms with E-state index in [1.165, 1.54) is 0 Å². The number of ether oxygens (including phenoxy) is 1. The van der Waals surface area contributed by atoms with Gasteiger partial charge in [0.2, 0.25) is 5.78 Å². The lowest BCUT2D eigenvalue weighted by Crippen LogP contribution is -2.59. The first-order chi connectivity index (χ1) is 6.08. The Kier molecular flexibility index (Phi) is 2.40. The van der Waals surface area contributed by atoms with E-state index in [1.54, 1.807) is 13.8 Å². The highest BCUT2D eigenvalue weighted by Gasteiger charge is 2.63. The maximum atomic E-state index is 12.2. The van der Waals surface area contributed by atoms with Crippen LogP contribution in [0.5, 0.6) is 0 Å². The summed E-state index contributed by atoms with van der Waals surface area (Å²) in [6, 6.07) is 0. The molecule has 0 saturated carbocycles. The Morgan fingerprint density at radius 2 is 1.93 bits per heavy atom. The van der Waals surface area contributed by atoms with Crippen molar-refractivity contribution in [3.8, 4) is 0 Å². The van der Waals surface area contributed by atoms with E-state index in [0.717, 1.165) is 0 Å². The van der Waals surface area contributed by atoms with E-state index >= 15 is 0 Å². The number of carbonyl (C=O) groups excluding carboxylic acids is 1. The predicted octanol–water partition coefficient (Wildman–Crippen LogP) is 1.25. The second kappa shape index (κ2) is 2.93. The molecule has 0 amide bonds. The Bertz CT molecular complexity index is 259. The van der Waals surface area contributed by atoms with Gasteiger partial charge in [0, 0.05) is 6.42 Å². The Labute approximate surface area is 78.9 Å². The van der Waals surface area contributed by atoms with Crippen LogP contribution in [0.2, 0.25) is 0 Å². The van der Waals surface area contributed by atoms with E-state index in [1.807, 2.05) is 0 Å². The zero-order valence-corrected chi connectivity index (χ0v) is 7.81. The van der Waals surface area contributed by atoms with Crippen LogP contribution >= 0.6 is 0 Å². The second-order valence-corrected chi connectivity index (χ2v) is 4.19. The van der Waals surface area contributed by atoms with Crippen LogP contribution in [0, 0.1) is 5.41 Å². The molecule has 0 aromatic rings. The Hall–Kier alpha value is -0.620. The molecule has 0 bridgehead atoms. The molecule has 1 rings (SSSR count). The summed E-state index contributed by atoms with van der Waals surface area (Å²) in [6.45, 7) is 2.90.